The molecule has 0 radical (unpaired) electrons. The lowest BCUT2D eigenvalue weighted by Crippen LogP contribution is -2.00. The molecule has 0 amide bonds. The number of halogens is 1. The number of rotatable bonds is 0. The molecule has 0 atom stereocenters. The number of fused-ring (bicyclic) bond motifs is 1. The maximum Gasteiger partial charge on any atom is 0.129 e. The summed E-state index contributed by atoms with van der Waals surface area (Å²) < 4.78 is 0. The SMILES string of the molecule is CC.Clc1ccc2c(n1)CNC2. The van der Waals surface area contributed by atoms with Gasteiger partial charge in [-0.3, -0.25) is 0 Å². The van der Waals surface area contributed by atoms with E-state index in [9.17, 15) is 0 Å². The van der Waals surface area contributed by atoms with E-state index in [1.165, 1.54) is 5.56 Å². The maximum atomic E-state index is 5.68. The standard InChI is InChI=1S/C7H7ClN2.C2H6/c8-7-2-1-5-3-9-4-6(5)10-7;1-2/h1-2,9H,3-4H2;1-2H3. The summed E-state index contributed by atoms with van der Waals surface area (Å²) in [5.41, 5.74) is 2.36. The van der Waals surface area contributed by atoms with Crippen LogP contribution >= 0.6 is 11.6 Å². The van der Waals surface area contributed by atoms with Crippen LogP contribution in [-0.4, -0.2) is 4.98 Å². The summed E-state index contributed by atoms with van der Waals surface area (Å²) in [4.78, 5) is 4.16. The van der Waals surface area contributed by atoms with Gasteiger partial charge in [-0.15, -0.1) is 0 Å². The van der Waals surface area contributed by atoms with Crippen LogP contribution in [0.5, 0.6) is 0 Å². The first-order valence-electron chi connectivity index (χ1n) is 4.21. The van der Waals surface area contributed by atoms with E-state index in [-0.39, 0.29) is 0 Å². The minimum absolute atomic E-state index is 0.586. The third-order valence-electron chi connectivity index (χ3n) is 1.64. The fraction of sp³-hybridized carbons (Fsp3) is 0.444. The Kier molecular flexibility index (Phi) is 3.50. The van der Waals surface area contributed by atoms with E-state index in [1.54, 1.807) is 0 Å². The third kappa shape index (κ3) is 1.96. The molecule has 0 aliphatic carbocycles. The normalized spacial score (nSPS) is 13.2. The summed E-state index contributed by atoms with van der Waals surface area (Å²) in [7, 11) is 0. The second-order valence-corrected chi connectivity index (χ2v) is 2.73. The molecule has 1 N–H and O–H groups in total. The molecule has 12 heavy (non-hydrogen) atoms. The van der Waals surface area contributed by atoms with E-state index in [0.29, 0.717) is 5.15 Å². The summed E-state index contributed by atoms with van der Waals surface area (Å²) in [6, 6.07) is 3.85. The zero-order valence-corrected chi connectivity index (χ0v) is 8.15. The molecule has 0 unspecified atom stereocenters. The lowest BCUT2D eigenvalue weighted by Gasteiger charge is -1.94. The van der Waals surface area contributed by atoms with Crippen molar-refractivity contribution in [3.63, 3.8) is 0 Å². The molecular weight excluding hydrogens is 172 g/mol. The Balaban J connectivity index is 0.000000336. The van der Waals surface area contributed by atoms with Gasteiger partial charge in [0.1, 0.15) is 5.15 Å². The van der Waals surface area contributed by atoms with E-state index in [1.807, 2.05) is 26.0 Å². The van der Waals surface area contributed by atoms with Gasteiger partial charge < -0.3 is 5.32 Å². The van der Waals surface area contributed by atoms with Crippen LogP contribution in [0.15, 0.2) is 12.1 Å². The predicted molar refractivity (Wildman–Crippen MR) is 51.1 cm³/mol. The van der Waals surface area contributed by atoms with Gasteiger partial charge in [0.2, 0.25) is 0 Å². The molecule has 0 fully saturated rings. The number of aromatic nitrogens is 1. The molecule has 1 aromatic rings. The molecule has 2 rings (SSSR count). The van der Waals surface area contributed by atoms with Gasteiger partial charge in [-0.05, 0) is 11.6 Å². The molecule has 0 aromatic carbocycles. The topological polar surface area (TPSA) is 24.9 Å². The minimum Gasteiger partial charge on any atom is -0.307 e. The fourth-order valence-electron chi connectivity index (χ4n) is 1.13. The lowest BCUT2D eigenvalue weighted by molar-refractivity contribution is 0.757. The van der Waals surface area contributed by atoms with E-state index in [4.69, 9.17) is 11.6 Å². The minimum atomic E-state index is 0.586. The monoisotopic (exact) mass is 184 g/mol. The Morgan fingerprint density at radius 3 is 2.83 bits per heavy atom. The molecule has 0 saturated carbocycles. The van der Waals surface area contributed by atoms with Gasteiger partial charge in [-0.2, -0.15) is 0 Å². The molecule has 0 bridgehead atoms. The van der Waals surface area contributed by atoms with E-state index in [0.717, 1.165) is 18.8 Å². The van der Waals surface area contributed by atoms with Crippen LogP contribution < -0.4 is 5.32 Å². The number of nitrogens with one attached hydrogen (secondary N) is 1. The van der Waals surface area contributed by atoms with Crippen molar-refractivity contribution in [1.82, 2.24) is 10.3 Å². The van der Waals surface area contributed by atoms with Crippen LogP contribution in [0.3, 0.4) is 0 Å². The summed E-state index contributed by atoms with van der Waals surface area (Å²) in [5.74, 6) is 0. The Morgan fingerprint density at radius 2 is 2.08 bits per heavy atom. The van der Waals surface area contributed by atoms with Crippen LogP contribution in [-0.2, 0) is 13.1 Å². The fourth-order valence-corrected chi connectivity index (χ4v) is 1.30. The van der Waals surface area contributed by atoms with Crippen LogP contribution in [0.2, 0.25) is 5.15 Å². The summed E-state index contributed by atoms with van der Waals surface area (Å²) >= 11 is 5.68. The number of nitrogens with zero attached hydrogens (tertiary/aromatic N) is 1. The van der Waals surface area contributed by atoms with Crippen LogP contribution in [0, 0.1) is 0 Å². The van der Waals surface area contributed by atoms with Gasteiger partial charge >= 0.3 is 0 Å². The molecule has 1 aliphatic rings. The van der Waals surface area contributed by atoms with Crippen molar-refractivity contribution < 1.29 is 0 Å². The quantitative estimate of drug-likeness (QED) is 0.627. The Hall–Kier alpha value is -0.600. The summed E-state index contributed by atoms with van der Waals surface area (Å²) in [6.45, 7) is 5.79. The Labute approximate surface area is 78.0 Å². The van der Waals surface area contributed by atoms with Gasteiger partial charge in [0.25, 0.3) is 0 Å². The highest BCUT2D eigenvalue weighted by molar-refractivity contribution is 6.29. The van der Waals surface area contributed by atoms with Crippen molar-refractivity contribution in [3.8, 4) is 0 Å². The van der Waals surface area contributed by atoms with Gasteiger partial charge in [0.05, 0.1) is 5.69 Å². The first-order chi connectivity index (χ1) is 5.86. The van der Waals surface area contributed by atoms with Crippen molar-refractivity contribution in [3.05, 3.63) is 28.5 Å². The molecule has 66 valence electrons. The number of pyridine rings is 1. The molecule has 1 aromatic heterocycles. The van der Waals surface area contributed by atoms with Gasteiger partial charge in [0.15, 0.2) is 0 Å². The predicted octanol–water partition coefficient (Wildman–Crippen LogP) is 2.36. The molecule has 0 saturated heterocycles. The van der Waals surface area contributed by atoms with Crippen molar-refractivity contribution in [1.29, 1.82) is 0 Å². The lowest BCUT2D eigenvalue weighted by atomic mass is 10.2. The van der Waals surface area contributed by atoms with Crippen LogP contribution in [0.4, 0.5) is 0 Å². The highest BCUT2D eigenvalue weighted by Gasteiger charge is 2.10. The van der Waals surface area contributed by atoms with Crippen molar-refractivity contribution in [2.45, 2.75) is 26.9 Å². The van der Waals surface area contributed by atoms with E-state index in [2.05, 4.69) is 10.3 Å². The zero-order chi connectivity index (χ0) is 8.97. The average Bonchev–Trinajstić information content (AvgIpc) is 2.54. The van der Waals surface area contributed by atoms with E-state index >= 15 is 0 Å². The Morgan fingerprint density at radius 1 is 1.33 bits per heavy atom. The second-order valence-electron chi connectivity index (χ2n) is 2.34. The van der Waals surface area contributed by atoms with Gasteiger partial charge in [-0.1, -0.05) is 31.5 Å². The highest BCUT2D eigenvalue weighted by atomic mass is 35.5. The molecular formula is C9H13ClN2. The smallest absolute Gasteiger partial charge is 0.129 e. The van der Waals surface area contributed by atoms with Gasteiger partial charge in [-0.25, -0.2) is 4.98 Å². The third-order valence-corrected chi connectivity index (χ3v) is 1.85. The van der Waals surface area contributed by atoms with Crippen molar-refractivity contribution in [2.24, 2.45) is 0 Å². The first kappa shape index (κ1) is 9.49. The molecule has 2 heterocycles. The summed E-state index contributed by atoms with van der Waals surface area (Å²) in [5, 5.41) is 3.78. The average molecular weight is 185 g/mol. The second kappa shape index (κ2) is 4.43. The number of hydrogen-bond acceptors (Lipinski definition) is 2. The first-order valence-corrected chi connectivity index (χ1v) is 4.59. The van der Waals surface area contributed by atoms with Crippen LogP contribution in [0.25, 0.3) is 0 Å². The van der Waals surface area contributed by atoms with E-state index < -0.39 is 0 Å². The number of hydrogen-bond donors (Lipinski definition) is 1. The molecule has 3 heteroatoms. The molecule has 0 spiro atoms. The Bertz CT molecular complexity index is 261. The zero-order valence-electron chi connectivity index (χ0n) is 7.39. The maximum absolute atomic E-state index is 5.68. The molecule has 2 nitrogen and oxygen atoms in total. The van der Waals surface area contributed by atoms with Crippen molar-refractivity contribution in [2.75, 3.05) is 0 Å². The summed E-state index contributed by atoms with van der Waals surface area (Å²) in [6.07, 6.45) is 0. The highest BCUT2D eigenvalue weighted by Crippen LogP contribution is 2.15. The molecule has 1 aliphatic heterocycles. The van der Waals surface area contributed by atoms with Gasteiger partial charge in [0, 0.05) is 13.1 Å². The van der Waals surface area contributed by atoms with Crippen molar-refractivity contribution >= 4 is 11.6 Å². The van der Waals surface area contributed by atoms with Crippen LogP contribution in [0.1, 0.15) is 25.1 Å². The largest absolute Gasteiger partial charge is 0.307 e.